The smallest absolute Gasteiger partial charge is 0.292 e. The predicted molar refractivity (Wildman–Crippen MR) is 76.4 cm³/mol. The molecule has 0 bridgehead atoms. The molecule has 0 radical (unpaired) electrons. The van der Waals surface area contributed by atoms with Crippen LogP contribution in [-0.4, -0.2) is 14.0 Å². The lowest BCUT2D eigenvalue weighted by Crippen LogP contribution is -2.31. The van der Waals surface area contributed by atoms with E-state index in [2.05, 4.69) is 9.55 Å². The summed E-state index contributed by atoms with van der Waals surface area (Å²) in [7, 11) is 0. The van der Waals surface area contributed by atoms with Crippen molar-refractivity contribution < 1.29 is 8.68 Å². The summed E-state index contributed by atoms with van der Waals surface area (Å²) in [5.74, 6) is 0.712. The van der Waals surface area contributed by atoms with Gasteiger partial charge in [0.05, 0.1) is 28.4 Å². The summed E-state index contributed by atoms with van der Waals surface area (Å²) in [5.41, 5.74) is 4.68. The fourth-order valence-corrected chi connectivity index (χ4v) is 3.23. The van der Waals surface area contributed by atoms with Gasteiger partial charge in [0.1, 0.15) is 6.54 Å². The molecule has 0 amide bonds. The summed E-state index contributed by atoms with van der Waals surface area (Å²) in [4.78, 5) is 4.18. The van der Waals surface area contributed by atoms with Crippen molar-refractivity contribution in [3.63, 3.8) is 0 Å². The molecule has 1 aliphatic rings. The molecular formula is C16H13N4+. The molecule has 0 unspecified atom stereocenters. The number of pyridine rings is 2. The number of imidazole rings is 1. The van der Waals surface area contributed by atoms with Crippen LogP contribution in [0, 0.1) is 0 Å². The normalized spacial score (nSPS) is 15.9. The Morgan fingerprint density at radius 1 is 1.30 bits per heavy atom. The molecule has 4 aromatic rings. The maximum Gasteiger partial charge on any atom is 0.292 e. The van der Waals surface area contributed by atoms with E-state index < -0.39 is 6.98 Å². The number of hydrogen-bond acceptors (Lipinski definition) is 1. The van der Waals surface area contributed by atoms with Crippen LogP contribution < -0.4 is 4.57 Å². The first kappa shape index (κ1) is 7.85. The average Bonchev–Trinajstić information content (AvgIpc) is 3.12. The second-order valence-electron chi connectivity index (χ2n) is 5.13. The summed E-state index contributed by atoms with van der Waals surface area (Å²) in [5, 5.41) is 0. The van der Waals surface area contributed by atoms with Crippen molar-refractivity contribution in [3.05, 3.63) is 54.6 Å². The Kier molecular flexibility index (Phi) is 1.29. The van der Waals surface area contributed by atoms with Gasteiger partial charge >= 0.3 is 0 Å². The SMILES string of the molecule is [2H]C([2H])([2H])n1c2[n+](c3c1cn1ccccc31)Cc1ccncc1-2. The number of aromatic nitrogens is 4. The largest absolute Gasteiger partial charge is 0.316 e. The highest BCUT2D eigenvalue weighted by Gasteiger charge is 2.34. The fourth-order valence-electron chi connectivity index (χ4n) is 3.23. The minimum Gasteiger partial charge on any atom is -0.316 e. The monoisotopic (exact) mass is 264 g/mol. The zero-order valence-electron chi connectivity index (χ0n) is 13.6. The third-order valence-corrected chi connectivity index (χ3v) is 4.10. The molecule has 5 heterocycles. The maximum absolute atomic E-state index is 8.01. The zero-order valence-corrected chi connectivity index (χ0v) is 10.6. The Morgan fingerprint density at radius 3 is 3.25 bits per heavy atom. The Bertz CT molecular complexity index is 1090. The van der Waals surface area contributed by atoms with Gasteiger partial charge in [-0.3, -0.25) is 4.98 Å². The van der Waals surface area contributed by atoms with Crippen molar-refractivity contribution in [2.24, 2.45) is 6.98 Å². The van der Waals surface area contributed by atoms with Gasteiger partial charge in [-0.15, -0.1) is 0 Å². The van der Waals surface area contributed by atoms with Crippen molar-refractivity contribution in [1.29, 1.82) is 0 Å². The van der Waals surface area contributed by atoms with Crippen LogP contribution in [0.5, 0.6) is 0 Å². The first-order chi connectivity index (χ1) is 11.1. The molecule has 0 saturated heterocycles. The van der Waals surface area contributed by atoms with Gasteiger partial charge in [-0.25, -0.2) is 9.13 Å². The van der Waals surface area contributed by atoms with E-state index in [0.717, 1.165) is 27.7 Å². The molecule has 20 heavy (non-hydrogen) atoms. The molecule has 0 fully saturated rings. The number of fused-ring (bicyclic) bond motifs is 7. The molecule has 4 aromatic heterocycles. The molecule has 96 valence electrons. The van der Waals surface area contributed by atoms with Crippen LogP contribution in [0.15, 0.2) is 49.1 Å². The minimum absolute atomic E-state index is 0.668. The highest BCUT2D eigenvalue weighted by Crippen LogP contribution is 2.31. The van der Waals surface area contributed by atoms with Crippen LogP contribution in [0.3, 0.4) is 0 Å². The summed E-state index contributed by atoms with van der Waals surface area (Å²) < 4.78 is 29.5. The Morgan fingerprint density at radius 2 is 2.30 bits per heavy atom. The van der Waals surface area contributed by atoms with Crippen LogP contribution in [0.2, 0.25) is 0 Å². The van der Waals surface area contributed by atoms with Gasteiger partial charge in [0.2, 0.25) is 5.52 Å². The molecule has 5 rings (SSSR count). The van der Waals surface area contributed by atoms with E-state index in [0.29, 0.717) is 12.4 Å². The van der Waals surface area contributed by atoms with Gasteiger partial charge in [0.15, 0.2) is 5.52 Å². The molecule has 4 nitrogen and oxygen atoms in total. The van der Waals surface area contributed by atoms with Crippen LogP contribution in [-0.2, 0) is 13.5 Å². The summed E-state index contributed by atoms with van der Waals surface area (Å²) in [6, 6.07) is 7.88. The second kappa shape index (κ2) is 3.28. The zero-order chi connectivity index (χ0) is 15.8. The van der Waals surface area contributed by atoms with Crippen LogP contribution in [0.4, 0.5) is 0 Å². The van der Waals surface area contributed by atoms with E-state index >= 15 is 0 Å². The lowest BCUT2D eigenvalue weighted by Gasteiger charge is -1.94. The molecule has 0 saturated carbocycles. The van der Waals surface area contributed by atoms with E-state index in [1.807, 2.05) is 41.1 Å². The molecule has 0 spiro atoms. The van der Waals surface area contributed by atoms with Gasteiger partial charge in [0.25, 0.3) is 5.82 Å². The van der Waals surface area contributed by atoms with E-state index in [4.69, 9.17) is 4.11 Å². The highest BCUT2D eigenvalue weighted by molar-refractivity contribution is 5.91. The van der Waals surface area contributed by atoms with Crippen molar-refractivity contribution >= 4 is 16.6 Å². The van der Waals surface area contributed by atoms with E-state index in [-0.39, 0.29) is 0 Å². The lowest BCUT2D eigenvalue weighted by molar-refractivity contribution is -0.645. The van der Waals surface area contributed by atoms with Gasteiger partial charge in [-0.05, 0) is 18.2 Å². The topological polar surface area (TPSA) is 26.1 Å². The van der Waals surface area contributed by atoms with Crippen molar-refractivity contribution in [1.82, 2.24) is 14.0 Å². The van der Waals surface area contributed by atoms with Crippen molar-refractivity contribution in [2.75, 3.05) is 0 Å². The van der Waals surface area contributed by atoms with Crippen LogP contribution >= 0.6 is 0 Å². The van der Waals surface area contributed by atoms with Gasteiger partial charge < -0.3 is 4.40 Å². The maximum atomic E-state index is 8.01. The molecule has 0 aliphatic carbocycles. The number of rotatable bonds is 0. The molecule has 0 aromatic carbocycles. The first-order valence-corrected chi connectivity index (χ1v) is 6.53. The second-order valence-corrected chi connectivity index (χ2v) is 5.13. The summed E-state index contributed by atoms with van der Waals surface area (Å²) in [6.07, 6.45) is 7.33. The minimum atomic E-state index is -2.25. The van der Waals surface area contributed by atoms with Crippen molar-refractivity contribution in [3.8, 4) is 11.4 Å². The number of nitrogens with zero attached hydrogens (tertiary/aromatic N) is 4. The van der Waals surface area contributed by atoms with Gasteiger partial charge in [-0.1, -0.05) is 6.07 Å². The van der Waals surface area contributed by atoms with Crippen molar-refractivity contribution in [2.45, 2.75) is 6.54 Å². The van der Waals surface area contributed by atoms with E-state index in [1.54, 1.807) is 12.4 Å². The first-order valence-electron chi connectivity index (χ1n) is 8.03. The predicted octanol–water partition coefficient (Wildman–Crippen LogP) is 2.14. The van der Waals surface area contributed by atoms with Crippen LogP contribution in [0.1, 0.15) is 9.68 Å². The number of aryl methyl sites for hydroxylation is 1. The fraction of sp³-hybridized carbons (Fsp3) is 0.125. The van der Waals surface area contributed by atoms with Crippen LogP contribution in [0.25, 0.3) is 27.9 Å². The Balaban J connectivity index is 2.01. The third-order valence-electron chi connectivity index (χ3n) is 4.10. The van der Waals surface area contributed by atoms with E-state index in [1.165, 1.54) is 4.57 Å². The molecule has 0 atom stereocenters. The molecule has 1 aliphatic heterocycles. The van der Waals surface area contributed by atoms with Gasteiger partial charge in [0, 0.05) is 24.2 Å². The summed E-state index contributed by atoms with van der Waals surface area (Å²) in [6.45, 7) is -1.58. The Labute approximate surface area is 119 Å². The third kappa shape index (κ3) is 1.04. The summed E-state index contributed by atoms with van der Waals surface area (Å²) >= 11 is 0. The highest BCUT2D eigenvalue weighted by atomic mass is 15.2. The Hall–Kier alpha value is -2.62. The quantitative estimate of drug-likeness (QED) is 0.394. The molecule has 0 N–H and O–H groups in total. The average molecular weight is 264 g/mol. The number of hydrogen-bond donors (Lipinski definition) is 0. The molecule has 4 heteroatoms. The van der Waals surface area contributed by atoms with Gasteiger partial charge in [-0.2, -0.15) is 0 Å². The lowest BCUT2D eigenvalue weighted by atomic mass is 10.2. The van der Waals surface area contributed by atoms with E-state index in [9.17, 15) is 0 Å². The standard InChI is InChI=1S/C16H13N4/c1-18-14-10-19-7-3-2-4-13(19)15(14)20-9-11-5-6-17-8-12(11)16(18)20/h2-8,10H,9H2,1H3/q+1/i1D3. The molecular weight excluding hydrogens is 248 g/mol.